The Labute approximate surface area is 232 Å². The van der Waals surface area contributed by atoms with Crippen molar-refractivity contribution >= 4 is 21.2 Å². The number of ether oxygens (including phenoxy) is 3. The highest BCUT2D eigenvalue weighted by Gasteiger charge is 2.47. The van der Waals surface area contributed by atoms with E-state index in [1.807, 2.05) is 0 Å². The van der Waals surface area contributed by atoms with E-state index < -0.39 is 88.9 Å². The molecule has 19 heteroatoms. The molecule has 2 fully saturated rings. The summed E-state index contributed by atoms with van der Waals surface area (Å²) < 4.78 is 51.6. The van der Waals surface area contributed by atoms with Crippen molar-refractivity contribution in [2.75, 3.05) is 12.3 Å². The van der Waals surface area contributed by atoms with Crippen molar-refractivity contribution in [2.45, 2.75) is 62.2 Å². The lowest BCUT2D eigenvalue weighted by atomic mass is 9.95. The van der Waals surface area contributed by atoms with Crippen LogP contribution in [-0.2, 0) is 27.7 Å². The van der Waals surface area contributed by atoms with Gasteiger partial charge < -0.3 is 63.6 Å². The van der Waals surface area contributed by atoms with E-state index in [2.05, 4.69) is 9.51 Å². The minimum atomic E-state index is -5.62. The van der Waals surface area contributed by atoms with E-state index in [9.17, 15) is 43.9 Å². The van der Waals surface area contributed by atoms with Gasteiger partial charge in [-0.15, -0.1) is 0 Å². The van der Waals surface area contributed by atoms with Gasteiger partial charge in [0.1, 0.15) is 29.9 Å². The zero-order chi connectivity index (χ0) is 30.1. The summed E-state index contributed by atoms with van der Waals surface area (Å²) in [6.45, 7) is 0.573. The maximum Gasteiger partial charge on any atom is 0.351 e. The molecule has 1 aromatic carbocycles. The number of hydrogen-bond acceptors (Lipinski definition) is 15. The van der Waals surface area contributed by atoms with Gasteiger partial charge in [-0.25, -0.2) is 4.79 Å². The number of nitrogens with zero attached hydrogens (tertiary/aromatic N) is 2. The number of anilines is 1. The third kappa shape index (κ3) is 7.59. The Balaban J connectivity index is 1.44. The Morgan fingerprint density at radius 1 is 1.15 bits per heavy atom. The molecule has 4 rings (SSSR count). The van der Waals surface area contributed by atoms with E-state index in [0.29, 0.717) is 5.75 Å². The largest absolute Gasteiger partial charge is 0.777 e. The monoisotopic (exact) mass is 621 g/mol. The van der Waals surface area contributed by atoms with Gasteiger partial charge in [-0.3, -0.25) is 9.13 Å². The summed E-state index contributed by atoms with van der Waals surface area (Å²) in [6, 6.07) is 9.41. The molecule has 0 bridgehead atoms. The third-order valence-electron chi connectivity index (χ3n) is 6.55. The predicted octanol–water partition coefficient (Wildman–Crippen LogP) is -1.99. The number of para-hydroxylation sites is 1. The van der Waals surface area contributed by atoms with Gasteiger partial charge in [0.25, 0.3) is 7.82 Å². The molecule has 17 nitrogen and oxygen atoms in total. The highest BCUT2D eigenvalue weighted by molar-refractivity contribution is 7.52. The molecule has 0 amide bonds. The Morgan fingerprint density at radius 3 is 2.46 bits per heavy atom. The number of nitrogens with two attached hydrogens (primary N) is 1. The molecule has 2 saturated heterocycles. The predicted molar refractivity (Wildman–Crippen MR) is 133 cm³/mol. The standard InChI is InChI=1S/C22H31N3O14P2/c1-11-13(26)9-14(38-20(11)36-12-5-3-2-4-6-12)21(40(30,31)32)39-41(33,34)35-10-15-17(27)18(28)19(37-15)25-8-7-16(23)24-22(25)29/h2-8,11,13-15,17-21,26-28H,9-10H2,1H3,(H,33,34)(H2,23,24,29)(H2,30,31,32)/p-2/t11-,13?,14-,15-,17+,18?,19-,20?,21?/m1/s1. The molecule has 0 radical (unpaired) electrons. The second-order valence-electron chi connectivity index (χ2n) is 9.53. The van der Waals surface area contributed by atoms with Gasteiger partial charge in [-0.2, -0.15) is 4.98 Å². The van der Waals surface area contributed by atoms with Crippen LogP contribution in [-0.4, -0.2) is 79.0 Å². The number of phosphoric acid groups is 1. The maximum atomic E-state index is 12.6. The van der Waals surface area contributed by atoms with E-state index in [0.717, 1.165) is 10.8 Å². The number of aromatic nitrogens is 2. The van der Waals surface area contributed by atoms with E-state index in [-0.39, 0.29) is 5.82 Å². The summed E-state index contributed by atoms with van der Waals surface area (Å²) in [4.78, 5) is 50.1. The molecule has 3 heterocycles. The van der Waals surface area contributed by atoms with E-state index >= 15 is 0 Å². The van der Waals surface area contributed by atoms with Gasteiger partial charge in [0.15, 0.2) is 19.7 Å². The average Bonchev–Trinajstić information content (AvgIpc) is 3.17. The second kappa shape index (κ2) is 12.6. The van der Waals surface area contributed by atoms with Crippen LogP contribution in [0.1, 0.15) is 19.6 Å². The van der Waals surface area contributed by atoms with Crippen LogP contribution in [0, 0.1) is 5.92 Å². The van der Waals surface area contributed by atoms with Crippen molar-refractivity contribution < 1.29 is 62.4 Å². The summed E-state index contributed by atoms with van der Waals surface area (Å²) in [6.07, 6.45) is -9.99. The number of hydrogen-bond donors (Lipinski definition) is 5. The highest BCUT2D eigenvalue weighted by atomic mass is 31.2. The fourth-order valence-corrected chi connectivity index (χ4v) is 6.54. The Bertz CT molecular complexity index is 1340. The molecule has 41 heavy (non-hydrogen) atoms. The fourth-order valence-electron chi connectivity index (χ4n) is 4.32. The lowest BCUT2D eigenvalue weighted by Gasteiger charge is -2.43. The number of aliphatic hydroxyl groups is 3. The number of nitrogen functional groups attached to an aromatic ring is 1. The first-order valence-electron chi connectivity index (χ1n) is 12.3. The summed E-state index contributed by atoms with van der Waals surface area (Å²) in [7, 11) is -11.2. The topological polar surface area (TPSA) is 268 Å². The van der Waals surface area contributed by atoms with Crippen molar-refractivity contribution in [2.24, 2.45) is 5.92 Å². The van der Waals surface area contributed by atoms with Gasteiger partial charge >= 0.3 is 5.69 Å². The number of benzene rings is 1. The summed E-state index contributed by atoms with van der Waals surface area (Å²) in [5, 5.41) is 31.1. The fraction of sp³-hybridized carbons (Fsp3) is 0.545. The van der Waals surface area contributed by atoms with Crippen molar-refractivity contribution in [3.63, 3.8) is 0 Å². The van der Waals surface area contributed by atoms with Crippen LogP contribution in [0.3, 0.4) is 0 Å². The molecule has 1 aromatic heterocycles. The summed E-state index contributed by atoms with van der Waals surface area (Å²) in [5.74, 6) is -3.02. The lowest BCUT2D eigenvalue weighted by molar-refractivity contribution is -0.260. The average molecular weight is 621 g/mol. The maximum absolute atomic E-state index is 12.6. The number of rotatable bonds is 10. The van der Waals surface area contributed by atoms with Gasteiger partial charge in [0.05, 0.1) is 18.8 Å². The van der Waals surface area contributed by atoms with Crippen molar-refractivity contribution in [3.8, 4) is 5.75 Å². The van der Waals surface area contributed by atoms with Gasteiger partial charge in [0, 0.05) is 18.5 Å². The summed E-state index contributed by atoms with van der Waals surface area (Å²) >= 11 is 0. The van der Waals surface area contributed by atoms with Crippen molar-refractivity contribution in [1.29, 1.82) is 0 Å². The minimum Gasteiger partial charge on any atom is -0.777 e. The third-order valence-corrected chi connectivity index (χ3v) is 8.75. The normalized spacial score (nSPS) is 33.9. The molecule has 11 atom stereocenters. The first-order valence-corrected chi connectivity index (χ1v) is 15.4. The second-order valence-corrected chi connectivity index (χ2v) is 12.5. The zero-order valence-electron chi connectivity index (χ0n) is 21.4. The number of aliphatic hydroxyl groups excluding tert-OH is 3. The molecule has 228 valence electrons. The first-order chi connectivity index (χ1) is 19.2. The van der Waals surface area contributed by atoms with Crippen LogP contribution in [0.2, 0.25) is 0 Å². The van der Waals surface area contributed by atoms with E-state index in [1.165, 1.54) is 6.07 Å². The number of phosphoric ester groups is 1. The van der Waals surface area contributed by atoms with Crippen LogP contribution < -0.4 is 25.9 Å². The quantitative estimate of drug-likeness (QED) is 0.180. The molecule has 2 aliphatic heterocycles. The Hall–Kier alpha value is -2.24. The van der Waals surface area contributed by atoms with Gasteiger partial charge in [0.2, 0.25) is 6.29 Å². The SMILES string of the molecule is C[C@@H]1C(O)C[C@H](C(OP(=O)([O-])OC[C@H]2O[C@@H](n3ccc(N)nc3=O)C(O)[C@H]2O)P(=O)([O-])O)OC1Oc1ccccc1. The lowest BCUT2D eigenvalue weighted by Crippen LogP contribution is -2.50. The molecule has 0 saturated carbocycles. The smallest absolute Gasteiger partial charge is 0.351 e. The summed E-state index contributed by atoms with van der Waals surface area (Å²) in [5.41, 5.74) is 4.50. The Kier molecular flexibility index (Phi) is 9.70. The van der Waals surface area contributed by atoms with Crippen LogP contribution >= 0.6 is 15.4 Å². The van der Waals surface area contributed by atoms with Crippen LogP contribution in [0.4, 0.5) is 5.82 Å². The van der Waals surface area contributed by atoms with E-state index in [4.69, 9.17) is 24.5 Å². The van der Waals surface area contributed by atoms with Crippen molar-refractivity contribution in [1.82, 2.24) is 9.55 Å². The molecule has 0 spiro atoms. The highest BCUT2D eigenvalue weighted by Crippen LogP contribution is 2.52. The molecule has 6 N–H and O–H groups in total. The minimum absolute atomic E-state index is 0.111. The Morgan fingerprint density at radius 2 is 1.83 bits per heavy atom. The van der Waals surface area contributed by atoms with Gasteiger partial charge in [-0.05, 0) is 18.2 Å². The first kappa shape index (κ1) is 31.7. The zero-order valence-corrected chi connectivity index (χ0v) is 23.2. The molecular formula is C22H29N3O14P2-2. The van der Waals surface area contributed by atoms with Crippen LogP contribution in [0.5, 0.6) is 5.75 Å². The van der Waals surface area contributed by atoms with E-state index in [1.54, 1.807) is 37.3 Å². The van der Waals surface area contributed by atoms with Crippen LogP contribution in [0.15, 0.2) is 47.4 Å². The molecule has 2 aromatic rings. The van der Waals surface area contributed by atoms with Crippen molar-refractivity contribution in [3.05, 3.63) is 53.1 Å². The van der Waals surface area contributed by atoms with Crippen LogP contribution in [0.25, 0.3) is 0 Å². The van der Waals surface area contributed by atoms with Gasteiger partial charge in [-0.1, -0.05) is 25.1 Å². The molecular weight excluding hydrogens is 592 g/mol. The molecule has 6 unspecified atom stereocenters. The molecule has 0 aliphatic carbocycles. The molecule has 2 aliphatic rings.